The van der Waals surface area contributed by atoms with E-state index in [0.717, 1.165) is 16.2 Å². The highest BCUT2D eigenvalue weighted by atomic mass is 16.6. The Morgan fingerprint density at radius 2 is 1.83 bits per heavy atom. The number of amides is 1. The zero-order valence-corrected chi connectivity index (χ0v) is 13.8. The van der Waals surface area contributed by atoms with Crippen LogP contribution < -0.4 is 10.9 Å². The molecule has 2 aromatic rings. The molecule has 0 radical (unpaired) electrons. The molecule has 1 heterocycles. The maximum Gasteiger partial charge on any atom is 0.334 e. The van der Waals surface area contributed by atoms with E-state index in [0.29, 0.717) is 17.3 Å². The summed E-state index contributed by atoms with van der Waals surface area (Å²) in [5, 5.41) is 13.5. The lowest BCUT2D eigenvalue weighted by Gasteiger charge is -2.11. The van der Waals surface area contributed by atoms with Crippen LogP contribution in [0, 0.1) is 17.0 Å². The van der Waals surface area contributed by atoms with Gasteiger partial charge in [0.05, 0.1) is 4.92 Å². The van der Waals surface area contributed by atoms with Crippen molar-refractivity contribution < 1.29 is 9.72 Å². The molecule has 2 rings (SSSR count). The molecule has 0 fully saturated rings. The van der Waals surface area contributed by atoms with E-state index in [9.17, 15) is 19.7 Å². The fraction of sp³-hybridized carbons (Fsp3) is 0.294. The predicted molar refractivity (Wildman–Crippen MR) is 91.3 cm³/mol. The van der Waals surface area contributed by atoms with Crippen LogP contribution in [0.1, 0.15) is 31.0 Å². The van der Waals surface area contributed by atoms with E-state index < -0.39 is 22.1 Å². The molecule has 0 saturated heterocycles. The van der Waals surface area contributed by atoms with Gasteiger partial charge >= 0.3 is 11.2 Å². The Morgan fingerprint density at radius 1 is 1.21 bits per heavy atom. The largest absolute Gasteiger partial charge is 0.334 e. The highest BCUT2D eigenvalue weighted by Gasteiger charge is 2.17. The second-order valence-corrected chi connectivity index (χ2v) is 5.83. The number of carbonyl (C=O) groups is 1. The molecule has 1 aromatic heterocycles. The monoisotopic (exact) mass is 329 g/mol. The maximum absolute atomic E-state index is 12.1. The quantitative estimate of drug-likeness (QED) is 0.674. The topological polar surface area (TPSA) is 94.2 Å². The second kappa shape index (κ2) is 7.08. The number of aryl methyl sites for hydroxylation is 1. The molecule has 0 aliphatic carbocycles. The van der Waals surface area contributed by atoms with E-state index >= 15 is 0 Å². The van der Waals surface area contributed by atoms with Gasteiger partial charge in [0.1, 0.15) is 6.54 Å². The number of anilines is 1. The first-order valence-corrected chi connectivity index (χ1v) is 7.54. The molecule has 0 bridgehead atoms. The van der Waals surface area contributed by atoms with Crippen LogP contribution in [0.4, 0.5) is 11.4 Å². The molecule has 0 aliphatic heterocycles. The molecule has 0 atom stereocenters. The van der Waals surface area contributed by atoms with Crippen molar-refractivity contribution >= 4 is 17.3 Å². The van der Waals surface area contributed by atoms with Gasteiger partial charge in [0, 0.05) is 17.4 Å². The number of rotatable bonds is 5. The Hall–Kier alpha value is -2.96. The number of pyridine rings is 1. The van der Waals surface area contributed by atoms with Crippen LogP contribution in [-0.2, 0) is 11.3 Å². The third-order valence-corrected chi connectivity index (χ3v) is 3.73. The second-order valence-electron chi connectivity index (χ2n) is 5.83. The zero-order chi connectivity index (χ0) is 17.9. The summed E-state index contributed by atoms with van der Waals surface area (Å²) in [5.74, 6) is -0.0289. The van der Waals surface area contributed by atoms with Crippen molar-refractivity contribution in [3.63, 3.8) is 0 Å². The van der Waals surface area contributed by atoms with Crippen molar-refractivity contribution in [1.29, 1.82) is 0 Å². The fourth-order valence-corrected chi connectivity index (χ4v) is 2.29. The number of hydrogen-bond acceptors (Lipinski definition) is 4. The fourth-order valence-electron chi connectivity index (χ4n) is 2.29. The summed E-state index contributed by atoms with van der Waals surface area (Å²) in [7, 11) is 0. The third kappa shape index (κ3) is 3.87. The Morgan fingerprint density at radius 3 is 2.38 bits per heavy atom. The van der Waals surface area contributed by atoms with Gasteiger partial charge in [-0.3, -0.25) is 24.3 Å². The van der Waals surface area contributed by atoms with Crippen LogP contribution in [0.15, 0.2) is 41.2 Å². The third-order valence-electron chi connectivity index (χ3n) is 3.73. The minimum absolute atomic E-state index is 0.279. The highest BCUT2D eigenvalue weighted by molar-refractivity contribution is 5.90. The van der Waals surface area contributed by atoms with Crippen molar-refractivity contribution in [2.45, 2.75) is 33.2 Å². The Labute approximate surface area is 139 Å². The van der Waals surface area contributed by atoms with Crippen molar-refractivity contribution in [1.82, 2.24) is 4.57 Å². The van der Waals surface area contributed by atoms with Gasteiger partial charge in [-0.15, -0.1) is 0 Å². The van der Waals surface area contributed by atoms with Gasteiger partial charge in [-0.1, -0.05) is 26.0 Å². The average Bonchev–Trinajstić information content (AvgIpc) is 2.51. The van der Waals surface area contributed by atoms with Gasteiger partial charge < -0.3 is 5.32 Å². The summed E-state index contributed by atoms with van der Waals surface area (Å²) in [6.45, 7) is 5.49. The SMILES string of the molecule is Cc1ccc([N+](=O)[O-])c(=O)n1CC(=O)Nc1ccc(C(C)C)cc1. The van der Waals surface area contributed by atoms with Crippen LogP contribution in [0.2, 0.25) is 0 Å². The summed E-state index contributed by atoms with van der Waals surface area (Å²) < 4.78 is 1.09. The molecule has 24 heavy (non-hydrogen) atoms. The molecule has 1 aromatic carbocycles. The van der Waals surface area contributed by atoms with E-state index in [-0.39, 0.29) is 6.54 Å². The van der Waals surface area contributed by atoms with E-state index in [1.54, 1.807) is 19.1 Å². The zero-order valence-electron chi connectivity index (χ0n) is 13.8. The molecule has 126 valence electrons. The minimum Gasteiger partial charge on any atom is -0.325 e. The lowest BCUT2D eigenvalue weighted by atomic mass is 10.0. The molecule has 0 spiro atoms. The van der Waals surface area contributed by atoms with Gasteiger partial charge in [-0.25, -0.2) is 0 Å². The molecule has 7 heteroatoms. The van der Waals surface area contributed by atoms with Gasteiger partial charge in [0.15, 0.2) is 0 Å². The lowest BCUT2D eigenvalue weighted by Crippen LogP contribution is -2.30. The van der Waals surface area contributed by atoms with Crippen molar-refractivity contribution in [3.05, 3.63) is 68.1 Å². The predicted octanol–water partition coefficient (Wildman–Crippen LogP) is 2.83. The van der Waals surface area contributed by atoms with Gasteiger partial charge in [0.25, 0.3) is 0 Å². The first-order valence-electron chi connectivity index (χ1n) is 7.54. The molecular formula is C17H19N3O4. The summed E-state index contributed by atoms with van der Waals surface area (Å²) in [6, 6.07) is 10.0. The van der Waals surface area contributed by atoms with Crippen LogP contribution in [0.3, 0.4) is 0 Å². The molecule has 0 unspecified atom stereocenters. The normalized spacial score (nSPS) is 10.7. The molecule has 1 N–H and O–H groups in total. The summed E-state index contributed by atoms with van der Waals surface area (Å²) in [5.41, 5.74) is 0.912. The molecule has 0 saturated carbocycles. The Balaban J connectivity index is 2.17. The van der Waals surface area contributed by atoms with Crippen molar-refractivity contribution in [2.75, 3.05) is 5.32 Å². The summed E-state index contributed by atoms with van der Waals surface area (Å²) in [6.07, 6.45) is 0. The Bertz CT molecular complexity index is 823. The van der Waals surface area contributed by atoms with Gasteiger partial charge in [-0.05, 0) is 36.6 Å². The number of benzene rings is 1. The van der Waals surface area contributed by atoms with Crippen molar-refractivity contribution in [2.24, 2.45) is 0 Å². The number of carbonyl (C=O) groups excluding carboxylic acids is 1. The van der Waals surface area contributed by atoms with Crippen LogP contribution >= 0.6 is 0 Å². The van der Waals surface area contributed by atoms with Crippen LogP contribution in [0.5, 0.6) is 0 Å². The summed E-state index contributed by atoms with van der Waals surface area (Å²) in [4.78, 5) is 34.3. The first-order chi connectivity index (χ1) is 11.3. The number of nitro groups is 1. The molecular weight excluding hydrogens is 310 g/mol. The number of nitrogens with one attached hydrogen (secondary N) is 1. The van der Waals surface area contributed by atoms with Gasteiger partial charge in [-0.2, -0.15) is 0 Å². The maximum atomic E-state index is 12.1. The standard InChI is InChI=1S/C17H19N3O4/c1-11(2)13-5-7-14(8-6-13)18-16(21)10-19-12(3)4-9-15(17(19)22)20(23)24/h4-9,11H,10H2,1-3H3,(H,18,21). The highest BCUT2D eigenvalue weighted by Crippen LogP contribution is 2.17. The smallest absolute Gasteiger partial charge is 0.325 e. The number of hydrogen-bond donors (Lipinski definition) is 1. The van der Waals surface area contributed by atoms with Gasteiger partial charge in [0.2, 0.25) is 5.91 Å². The van der Waals surface area contributed by atoms with Crippen LogP contribution in [-0.4, -0.2) is 15.4 Å². The van der Waals surface area contributed by atoms with E-state index in [2.05, 4.69) is 19.2 Å². The Kier molecular flexibility index (Phi) is 5.13. The first kappa shape index (κ1) is 17.4. The molecule has 7 nitrogen and oxygen atoms in total. The molecule has 1 amide bonds. The van der Waals surface area contributed by atoms with E-state index in [1.165, 1.54) is 6.07 Å². The van der Waals surface area contributed by atoms with E-state index in [1.807, 2.05) is 12.1 Å². The van der Waals surface area contributed by atoms with Crippen molar-refractivity contribution in [3.8, 4) is 0 Å². The number of aromatic nitrogens is 1. The minimum atomic E-state index is -0.787. The summed E-state index contributed by atoms with van der Waals surface area (Å²) >= 11 is 0. The van der Waals surface area contributed by atoms with Crippen LogP contribution in [0.25, 0.3) is 0 Å². The average molecular weight is 329 g/mol. The van der Waals surface area contributed by atoms with E-state index in [4.69, 9.17) is 0 Å². The number of nitrogens with zero attached hydrogens (tertiary/aromatic N) is 2. The lowest BCUT2D eigenvalue weighted by molar-refractivity contribution is -0.386. The molecule has 0 aliphatic rings.